The zero-order valence-corrected chi connectivity index (χ0v) is 13.7. The van der Waals surface area contributed by atoms with E-state index in [-0.39, 0.29) is 24.8 Å². The third kappa shape index (κ3) is 3.49. The lowest BCUT2D eigenvalue weighted by Gasteiger charge is -2.09. The quantitative estimate of drug-likeness (QED) is 0.861. The van der Waals surface area contributed by atoms with Crippen molar-refractivity contribution in [2.75, 3.05) is 4.72 Å². The van der Waals surface area contributed by atoms with Crippen LogP contribution in [0.3, 0.4) is 0 Å². The number of thiophene rings is 1. The summed E-state index contributed by atoms with van der Waals surface area (Å²) >= 11 is 12.5. The third-order valence-electron chi connectivity index (χ3n) is 2.62. The second-order valence-corrected chi connectivity index (χ2v) is 8.07. The van der Waals surface area contributed by atoms with Crippen LogP contribution in [0.4, 0.5) is 5.69 Å². The van der Waals surface area contributed by atoms with Crippen LogP contribution in [-0.4, -0.2) is 19.5 Å². The van der Waals surface area contributed by atoms with Crippen LogP contribution in [0.25, 0.3) is 0 Å². The summed E-state index contributed by atoms with van der Waals surface area (Å²) in [5.74, 6) is -1.07. The fourth-order valence-electron chi connectivity index (χ4n) is 1.69. The van der Waals surface area contributed by atoms with Crippen LogP contribution in [0, 0.1) is 6.92 Å². The van der Waals surface area contributed by atoms with Gasteiger partial charge in [0.05, 0.1) is 9.90 Å². The van der Waals surface area contributed by atoms with Crippen LogP contribution in [0.15, 0.2) is 29.2 Å². The van der Waals surface area contributed by atoms with Crippen molar-refractivity contribution in [3.8, 4) is 0 Å². The highest BCUT2D eigenvalue weighted by Crippen LogP contribution is 2.35. The van der Waals surface area contributed by atoms with Crippen molar-refractivity contribution in [3.05, 3.63) is 44.1 Å². The Labute approximate surface area is 135 Å². The molecule has 0 spiro atoms. The van der Waals surface area contributed by atoms with Gasteiger partial charge in [0.15, 0.2) is 0 Å². The number of aromatic carboxylic acids is 1. The normalized spacial score (nSPS) is 11.4. The Morgan fingerprint density at radius 1 is 1.29 bits per heavy atom. The van der Waals surface area contributed by atoms with Crippen LogP contribution in [-0.2, 0) is 10.0 Å². The number of sulfonamides is 1. The van der Waals surface area contributed by atoms with Crippen molar-refractivity contribution in [1.29, 1.82) is 0 Å². The molecule has 0 saturated heterocycles. The van der Waals surface area contributed by atoms with E-state index in [1.54, 1.807) is 6.92 Å². The third-order valence-corrected chi connectivity index (χ3v) is 5.76. The van der Waals surface area contributed by atoms with Crippen LogP contribution in [0.1, 0.15) is 15.9 Å². The summed E-state index contributed by atoms with van der Waals surface area (Å²) in [4.78, 5) is 10.8. The highest BCUT2D eigenvalue weighted by atomic mass is 35.5. The van der Waals surface area contributed by atoms with Gasteiger partial charge in [0.1, 0.15) is 9.23 Å². The van der Waals surface area contributed by atoms with E-state index in [1.165, 1.54) is 24.3 Å². The lowest BCUT2D eigenvalue weighted by molar-refractivity contribution is 0.0696. The van der Waals surface area contributed by atoms with E-state index in [1.807, 2.05) is 0 Å². The van der Waals surface area contributed by atoms with Gasteiger partial charge < -0.3 is 5.11 Å². The average Bonchev–Trinajstić information content (AvgIpc) is 2.68. The summed E-state index contributed by atoms with van der Waals surface area (Å²) in [6, 6.07) is 5.39. The van der Waals surface area contributed by atoms with Crippen molar-refractivity contribution >= 4 is 56.2 Å². The molecule has 1 aromatic carbocycles. The van der Waals surface area contributed by atoms with Gasteiger partial charge in [0, 0.05) is 5.69 Å². The van der Waals surface area contributed by atoms with Crippen LogP contribution >= 0.6 is 34.5 Å². The molecule has 2 aromatic rings. The molecule has 0 fully saturated rings. The number of carboxylic acids is 1. The molecule has 0 unspecified atom stereocenters. The minimum absolute atomic E-state index is 0.0615. The zero-order valence-electron chi connectivity index (χ0n) is 10.6. The first-order valence-electron chi connectivity index (χ1n) is 5.52. The lowest BCUT2D eigenvalue weighted by atomic mass is 10.1. The standard InChI is InChI=1S/C12H9Cl2NO4S2/c1-6-4-7(2-3-8(6)12(16)17)15-21(18,19)9-5-10(13)20-11(9)14/h2-5,15H,1H3,(H,16,17). The highest BCUT2D eigenvalue weighted by molar-refractivity contribution is 7.93. The van der Waals surface area contributed by atoms with Gasteiger partial charge in [-0.2, -0.15) is 0 Å². The minimum Gasteiger partial charge on any atom is -0.478 e. The summed E-state index contributed by atoms with van der Waals surface area (Å²) in [6.07, 6.45) is 0. The maximum absolute atomic E-state index is 12.2. The Morgan fingerprint density at radius 2 is 1.95 bits per heavy atom. The number of halogens is 2. The molecule has 5 nitrogen and oxygen atoms in total. The minimum atomic E-state index is -3.88. The zero-order chi connectivity index (χ0) is 15.8. The van der Waals surface area contributed by atoms with Gasteiger partial charge in [-0.15, -0.1) is 11.3 Å². The highest BCUT2D eigenvalue weighted by Gasteiger charge is 2.21. The molecular weight excluding hydrogens is 357 g/mol. The molecule has 0 amide bonds. The number of nitrogens with one attached hydrogen (secondary N) is 1. The summed E-state index contributed by atoms with van der Waals surface area (Å²) in [5, 5.41) is 8.94. The molecule has 1 heterocycles. The van der Waals surface area contributed by atoms with Gasteiger partial charge in [0.25, 0.3) is 10.0 Å². The van der Waals surface area contributed by atoms with Crippen LogP contribution in [0.2, 0.25) is 8.67 Å². The topological polar surface area (TPSA) is 83.5 Å². The van der Waals surface area contributed by atoms with E-state index in [0.29, 0.717) is 5.56 Å². The Kier molecular flexibility index (Phi) is 4.48. The summed E-state index contributed by atoms with van der Waals surface area (Å²) in [7, 11) is -3.88. The number of aryl methyl sites for hydroxylation is 1. The van der Waals surface area contributed by atoms with Gasteiger partial charge in [-0.1, -0.05) is 23.2 Å². The fourth-order valence-corrected chi connectivity index (χ4v) is 4.89. The molecule has 0 atom stereocenters. The summed E-state index contributed by atoms with van der Waals surface area (Å²) in [6.45, 7) is 1.58. The van der Waals surface area contributed by atoms with E-state index >= 15 is 0 Å². The molecule has 112 valence electrons. The fraction of sp³-hybridized carbons (Fsp3) is 0.0833. The van der Waals surface area contributed by atoms with E-state index in [0.717, 1.165) is 11.3 Å². The van der Waals surface area contributed by atoms with Crippen LogP contribution < -0.4 is 4.72 Å². The predicted molar refractivity (Wildman–Crippen MR) is 83.3 cm³/mol. The first kappa shape index (κ1) is 16.1. The largest absolute Gasteiger partial charge is 0.478 e. The summed E-state index contributed by atoms with van der Waals surface area (Å²) in [5.41, 5.74) is 0.794. The molecule has 0 aliphatic rings. The molecule has 9 heteroatoms. The molecule has 0 aliphatic heterocycles. The van der Waals surface area contributed by atoms with Crippen LogP contribution in [0.5, 0.6) is 0 Å². The molecule has 0 saturated carbocycles. The van der Waals surface area contributed by atoms with Gasteiger partial charge in [0.2, 0.25) is 0 Å². The number of anilines is 1. The van der Waals surface area contributed by atoms with Crippen molar-refractivity contribution < 1.29 is 18.3 Å². The average molecular weight is 366 g/mol. The predicted octanol–water partition coefficient (Wildman–Crippen LogP) is 3.86. The monoisotopic (exact) mass is 365 g/mol. The lowest BCUT2D eigenvalue weighted by Crippen LogP contribution is -2.13. The Balaban J connectivity index is 2.35. The molecule has 2 rings (SSSR count). The van der Waals surface area contributed by atoms with Gasteiger partial charge in [-0.05, 0) is 36.8 Å². The Bertz CT molecular complexity index is 815. The first-order valence-corrected chi connectivity index (χ1v) is 8.58. The number of carbonyl (C=O) groups is 1. The Morgan fingerprint density at radius 3 is 2.43 bits per heavy atom. The number of hydrogen-bond acceptors (Lipinski definition) is 4. The number of hydrogen-bond donors (Lipinski definition) is 2. The van der Waals surface area contributed by atoms with Gasteiger partial charge in [-0.25, -0.2) is 13.2 Å². The molecule has 0 bridgehead atoms. The smallest absolute Gasteiger partial charge is 0.335 e. The summed E-state index contributed by atoms with van der Waals surface area (Å²) < 4.78 is 27.1. The SMILES string of the molecule is Cc1cc(NS(=O)(=O)c2cc(Cl)sc2Cl)ccc1C(=O)O. The van der Waals surface area contributed by atoms with Crippen molar-refractivity contribution in [1.82, 2.24) is 0 Å². The second-order valence-electron chi connectivity index (χ2n) is 4.13. The van der Waals surface area contributed by atoms with Crippen molar-refractivity contribution in [3.63, 3.8) is 0 Å². The van der Waals surface area contributed by atoms with E-state index < -0.39 is 16.0 Å². The molecular formula is C12H9Cl2NO4S2. The molecule has 1 aromatic heterocycles. The van der Waals surface area contributed by atoms with Gasteiger partial charge >= 0.3 is 5.97 Å². The van der Waals surface area contributed by atoms with Crippen molar-refractivity contribution in [2.24, 2.45) is 0 Å². The van der Waals surface area contributed by atoms with Crippen molar-refractivity contribution in [2.45, 2.75) is 11.8 Å². The molecule has 0 radical (unpaired) electrons. The van der Waals surface area contributed by atoms with E-state index in [9.17, 15) is 13.2 Å². The second kappa shape index (κ2) is 5.84. The number of benzene rings is 1. The van der Waals surface area contributed by atoms with E-state index in [4.69, 9.17) is 28.3 Å². The molecule has 21 heavy (non-hydrogen) atoms. The molecule has 0 aliphatic carbocycles. The maximum atomic E-state index is 12.2. The molecule has 2 N–H and O–H groups in total. The first-order chi connectivity index (χ1) is 9.70. The van der Waals surface area contributed by atoms with E-state index in [2.05, 4.69) is 4.72 Å². The number of carboxylic acid groups (broad SMARTS) is 1. The maximum Gasteiger partial charge on any atom is 0.335 e. The Hall–Kier alpha value is -1.28. The number of rotatable bonds is 4. The van der Waals surface area contributed by atoms with Gasteiger partial charge in [-0.3, -0.25) is 4.72 Å².